The van der Waals surface area contributed by atoms with Crippen LogP contribution in [-0.2, 0) is 18.9 Å². The molecule has 1 atom stereocenters. The molecule has 3 saturated heterocycles. The van der Waals surface area contributed by atoms with Crippen molar-refractivity contribution < 1.29 is 18.9 Å². The molecule has 1 saturated carbocycles. The summed E-state index contributed by atoms with van der Waals surface area (Å²) in [6.45, 7) is 3.01. The van der Waals surface area contributed by atoms with Gasteiger partial charge < -0.3 is 18.9 Å². The van der Waals surface area contributed by atoms with Crippen LogP contribution in [0.4, 0.5) is 0 Å². The number of rotatable bonds is 6. The molecule has 0 N–H and O–H groups in total. The van der Waals surface area contributed by atoms with Gasteiger partial charge in [-0.05, 0) is 12.8 Å². The van der Waals surface area contributed by atoms with E-state index in [0.29, 0.717) is 24.2 Å². The van der Waals surface area contributed by atoms with Gasteiger partial charge in [0.15, 0.2) is 0 Å². The standard InChI is InChI=1S/C14H24O4/c1-10(5-3-4-6-15-2)14-16-11-7-12(17-14)9-13(8-11)18-14/h10-13H,3-9H2,1-2H3. The van der Waals surface area contributed by atoms with Gasteiger partial charge in [-0.2, -0.15) is 0 Å². The summed E-state index contributed by atoms with van der Waals surface area (Å²) in [5, 5.41) is 0. The van der Waals surface area contributed by atoms with E-state index in [1.165, 1.54) is 0 Å². The van der Waals surface area contributed by atoms with E-state index < -0.39 is 5.97 Å². The fourth-order valence-electron chi connectivity index (χ4n) is 3.46. The second kappa shape index (κ2) is 5.08. The molecule has 0 aromatic heterocycles. The highest BCUT2D eigenvalue weighted by Gasteiger charge is 2.57. The largest absolute Gasteiger partial charge is 0.385 e. The molecule has 1 unspecified atom stereocenters. The first kappa shape index (κ1) is 12.9. The first-order chi connectivity index (χ1) is 8.72. The summed E-state index contributed by atoms with van der Waals surface area (Å²) in [5.41, 5.74) is 0. The molecule has 0 spiro atoms. The van der Waals surface area contributed by atoms with Gasteiger partial charge in [-0.1, -0.05) is 13.3 Å². The highest BCUT2D eigenvalue weighted by molar-refractivity contribution is 4.93. The van der Waals surface area contributed by atoms with Gasteiger partial charge in [-0.25, -0.2) is 0 Å². The maximum Gasteiger partial charge on any atom is 0.286 e. The smallest absolute Gasteiger partial charge is 0.286 e. The summed E-state index contributed by atoms with van der Waals surface area (Å²) in [5.74, 6) is -0.440. The lowest BCUT2D eigenvalue weighted by Gasteiger charge is -2.57. The van der Waals surface area contributed by atoms with Crippen molar-refractivity contribution in [1.29, 1.82) is 0 Å². The molecule has 4 nitrogen and oxygen atoms in total. The minimum Gasteiger partial charge on any atom is -0.385 e. The normalized spacial score (nSPS) is 43.3. The minimum absolute atomic E-state index is 0.294. The summed E-state index contributed by atoms with van der Waals surface area (Å²) in [6, 6.07) is 0. The Balaban J connectivity index is 1.57. The molecule has 0 amide bonds. The van der Waals surface area contributed by atoms with E-state index in [-0.39, 0.29) is 0 Å². The second-order valence-electron chi connectivity index (χ2n) is 5.92. The van der Waals surface area contributed by atoms with Crippen LogP contribution in [0, 0.1) is 5.92 Å². The average molecular weight is 256 g/mol. The molecule has 4 heteroatoms. The number of methoxy groups -OCH3 is 1. The lowest BCUT2D eigenvalue weighted by atomic mass is 9.87. The van der Waals surface area contributed by atoms with Crippen molar-refractivity contribution in [3.63, 3.8) is 0 Å². The van der Waals surface area contributed by atoms with Gasteiger partial charge in [0.25, 0.3) is 5.97 Å². The van der Waals surface area contributed by atoms with E-state index in [2.05, 4.69) is 6.92 Å². The Kier molecular flexibility index (Phi) is 3.63. The first-order valence-corrected chi connectivity index (χ1v) is 7.24. The van der Waals surface area contributed by atoms with E-state index in [9.17, 15) is 0 Å². The summed E-state index contributed by atoms with van der Waals surface area (Å²) in [4.78, 5) is 0. The third-order valence-electron chi connectivity index (χ3n) is 4.41. The van der Waals surface area contributed by atoms with Gasteiger partial charge in [0.1, 0.15) is 0 Å². The predicted octanol–water partition coefficient (Wildman–Crippen LogP) is 2.46. The Morgan fingerprint density at radius 1 is 1.06 bits per heavy atom. The van der Waals surface area contributed by atoms with Crippen molar-refractivity contribution in [2.24, 2.45) is 5.92 Å². The van der Waals surface area contributed by atoms with Gasteiger partial charge in [0.05, 0.1) is 18.3 Å². The van der Waals surface area contributed by atoms with Crippen LogP contribution in [0.1, 0.15) is 45.4 Å². The Morgan fingerprint density at radius 2 is 1.61 bits per heavy atom. The predicted molar refractivity (Wildman–Crippen MR) is 66.1 cm³/mol. The zero-order valence-electron chi connectivity index (χ0n) is 11.4. The number of hydrogen-bond acceptors (Lipinski definition) is 4. The lowest BCUT2D eigenvalue weighted by molar-refractivity contribution is -0.509. The third-order valence-corrected chi connectivity index (χ3v) is 4.41. The molecule has 4 aliphatic rings. The molecule has 4 rings (SSSR count). The lowest BCUT2D eigenvalue weighted by Crippen LogP contribution is -2.64. The molecule has 4 fully saturated rings. The summed E-state index contributed by atoms with van der Waals surface area (Å²) < 4.78 is 23.2. The van der Waals surface area contributed by atoms with Crippen molar-refractivity contribution in [2.45, 2.75) is 69.7 Å². The SMILES string of the molecule is COCCCCC(C)C12OC3CC(CC(C3)O1)O2. The van der Waals surface area contributed by atoms with Gasteiger partial charge >= 0.3 is 0 Å². The van der Waals surface area contributed by atoms with Crippen LogP contribution in [0.5, 0.6) is 0 Å². The maximum absolute atomic E-state index is 6.05. The third kappa shape index (κ3) is 2.31. The zero-order valence-corrected chi connectivity index (χ0v) is 11.4. The van der Waals surface area contributed by atoms with E-state index in [4.69, 9.17) is 18.9 Å². The van der Waals surface area contributed by atoms with Crippen molar-refractivity contribution in [2.75, 3.05) is 13.7 Å². The summed E-state index contributed by atoms with van der Waals surface area (Å²) in [6.07, 6.45) is 7.52. The van der Waals surface area contributed by atoms with Crippen molar-refractivity contribution in [3.8, 4) is 0 Å². The van der Waals surface area contributed by atoms with Crippen molar-refractivity contribution in [1.82, 2.24) is 0 Å². The van der Waals surface area contributed by atoms with Crippen LogP contribution in [0.3, 0.4) is 0 Å². The average Bonchev–Trinajstić information content (AvgIpc) is 2.32. The molecule has 0 aromatic carbocycles. The summed E-state index contributed by atoms with van der Waals surface area (Å²) >= 11 is 0. The minimum atomic E-state index is -0.734. The van der Waals surface area contributed by atoms with Gasteiger partial charge in [-0.3, -0.25) is 0 Å². The number of ether oxygens (including phenoxy) is 4. The fourth-order valence-corrected chi connectivity index (χ4v) is 3.46. The Bertz CT molecular complexity index is 256. The van der Waals surface area contributed by atoms with E-state index in [1.54, 1.807) is 7.11 Å². The molecular weight excluding hydrogens is 232 g/mol. The van der Waals surface area contributed by atoms with Gasteiger partial charge in [0, 0.05) is 38.9 Å². The Hall–Kier alpha value is -0.160. The highest BCUT2D eigenvalue weighted by Crippen LogP contribution is 2.48. The number of unbranched alkanes of at least 4 members (excludes halogenated alkanes) is 1. The van der Waals surface area contributed by atoms with Gasteiger partial charge in [0.2, 0.25) is 0 Å². The second-order valence-corrected chi connectivity index (χ2v) is 5.92. The molecule has 18 heavy (non-hydrogen) atoms. The number of hydrogen-bond donors (Lipinski definition) is 0. The molecule has 104 valence electrons. The van der Waals surface area contributed by atoms with E-state index in [0.717, 1.165) is 45.1 Å². The molecule has 0 radical (unpaired) electrons. The molecule has 3 heterocycles. The van der Waals surface area contributed by atoms with Crippen LogP contribution in [-0.4, -0.2) is 38.0 Å². The van der Waals surface area contributed by atoms with Crippen LogP contribution < -0.4 is 0 Å². The monoisotopic (exact) mass is 256 g/mol. The molecule has 4 bridgehead atoms. The topological polar surface area (TPSA) is 36.9 Å². The zero-order chi connectivity index (χ0) is 12.6. The first-order valence-electron chi connectivity index (χ1n) is 7.24. The molecule has 0 aromatic rings. The molecule has 3 aliphatic heterocycles. The molecular formula is C14H24O4. The Morgan fingerprint density at radius 3 is 2.11 bits per heavy atom. The van der Waals surface area contributed by atoms with E-state index >= 15 is 0 Å². The summed E-state index contributed by atoms with van der Waals surface area (Å²) in [7, 11) is 1.75. The Labute approximate surface area is 109 Å². The van der Waals surface area contributed by atoms with Crippen molar-refractivity contribution in [3.05, 3.63) is 0 Å². The van der Waals surface area contributed by atoms with Crippen molar-refractivity contribution >= 4 is 0 Å². The van der Waals surface area contributed by atoms with Crippen LogP contribution >= 0.6 is 0 Å². The van der Waals surface area contributed by atoms with Crippen LogP contribution in [0.25, 0.3) is 0 Å². The fraction of sp³-hybridized carbons (Fsp3) is 1.00. The maximum atomic E-state index is 6.05. The molecule has 1 aliphatic carbocycles. The van der Waals surface area contributed by atoms with Gasteiger partial charge in [-0.15, -0.1) is 0 Å². The van der Waals surface area contributed by atoms with Crippen LogP contribution in [0.2, 0.25) is 0 Å². The quantitative estimate of drug-likeness (QED) is 0.684. The van der Waals surface area contributed by atoms with Crippen LogP contribution in [0.15, 0.2) is 0 Å². The van der Waals surface area contributed by atoms with E-state index in [1.807, 2.05) is 0 Å². The highest BCUT2D eigenvalue weighted by atomic mass is 16.9.